The lowest BCUT2D eigenvalue weighted by Crippen LogP contribution is -2.24. The molecular formula is C22H19NO3. The van der Waals surface area contributed by atoms with Crippen LogP contribution in [0.15, 0.2) is 66.7 Å². The van der Waals surface area contributed by atoms with Crippen LogP contribution in [0.2, 0.25) is 0 Å². The summed E-state index contributed by atoms with van der Waals surface area (Å²) in [6.07, 6.45) is 3.43. The average Bonchev–Trinajstić information content (AvgIpc) is 3.14. The number of rotatable bonds is 4. The van der Waals surface area contributed by atoms with E-state index in [1.165, 1.54) is 0 Å². The van der Waals surface area contributed by atoms with Crippen LogP contribution in [-0.2, 0) is 4.79 Å². The molecule has 1 atom stereocenters. The number of amides is 1. The third-order valence-electron chi connectivity index (χ3n) is 4.49. The van der Waals surface area contributed by atoms with Crippen molar-refractivity contribution in [3.8, 4) is 11.5 Å². The Kier molecular flexibility index (Phi) is 4.32. The summed E-state index contributed by atoms with van der Waals surface area (Å²) in [4.78, 5) is 12.3. The fourth-order valence-electron chi connectivity index (χ4n) is 3.09. The highest BCUT2D eigenvalue weighted by Crippen LogP contribution is 2.34. The maximum atomic E-state index is 12.3. The molecule has 0 aromatic heterocycles. The Morgan fingerprint density at radius 1 is 1.04 bits per heavy atom. The Morgan fingerprint density at radius 3 is 2.77 bits per heavy atom. The number of carbonyl (C=O) groups is 1. The molecule has 4 nitrogen and oxygen atoms in total. The molecule has 0 bridgehead atoms. The Balaban J connectivity index is 1.47. The van der Waals surface area contributed by atoms with Gasteiger partial charge in [-0.3, -0.25) is 4.79 Å². The molecule has 0 radical (unpaired) electrons. The van der Waals surface area contributed by atoms with Crippen molar-refractivity contribution in [1.82, 2.24) is 5.32 Å². The molecule has 26 heavy (non-hydrogen) atoms. The monoisotopic (exact) mass is 345 g/mol. The van der Waals surface area contributed by atoms with Gasteiger partial charge in [0.1, 0.15) is 0 Å². The maximum Gasteiger partial charge on any atom is 0.244 e. The molecule has 0 unspecified atom stereocenters. The predicted octanol–water partition coefficient (Wildman–Crippen LogP) is 4.46. The first-order valence-corrected chi connectivity index (χ1v) is 8.56. The van der Waals surface area contributed by atoms with Crippen LogP contribution in [0.5, 0.6) is 11.5 Å². The SMILES string of the molecule is C[C@@H](NC(=O)/C=C/c1cccc2ccccc12)c1ccc2c(c1)OCO2. The minimum Gasteiger partial charge on any atom is -0.454 e. The van der Waals surface area contributed by atoms with Gasteiger partial charge < -0.3 is 14.8 Å². The number of carbonyl (C=O) groups excluding carboxylic acids is 1. The zero-order valence-corrected chi connectivity index (χ0v) is 14.4. The number of nitrogens with one attached hydrogen (secondary N) is 1. The number of ether oxygens (including phenoxy) is 2. The largest absolute Gasteiger partial charge is 0.454 e. The zero-order chi connectivity index (χ0) is 17.9. The molecule has 0 fully saturated rings. The molecule has 0 saturated heterocycles. The van der Waals surface area contributed by atoms with Crippen LogP contribution in [0.25, 0.3) is 16.8 Å². The van der Waals surface area contributed by atoms with Crippen LogP contribution in [0.3, 0.4) is 0 Å². The fraction of sp³-hybridized carbons (Fsp3) is 0.136. The van der Waals surface area contributed by atoms with Crippen LogP contribution in [0, 0.1) is 0 Å². The van der Waals surface area contributed by atoms with E-state index < -0.39 is 0 Å². The molecule has 0 saturated carbocycles. The van der Waals surface area contributed by atoms with E-state index in [1.807, 2.05) is 55.5 Å². The molecular weight excluding hydrogens is 326 g/mol. The van der Waals surface area contributed by atoms with Crippen LogP contribution in [-0.4, -0.2) is 12.7 Å². The second-order valence-corrected chi connectivity index (χ2v) is 6.24. The van der Waals surface area contributed by atoms with Gasteiger partial charge in [-0.2, -0.15) is 0 Å². The molecule has 0 spiro atoms. The van der Waals surface area contributed by atoms with Crippen molar-refractivity contribution >= 4 is 22.8 Å². The zero-order valence-electron chi connectivity index (χ0n) is 14.4. The van der Waals surface area contributed by atoms with Crippen LogP contribution in [0.4, 0.5) is 0 Å². The van der Waals surface area contributed by atoms with Gasteiger partial charge in [-0.1, -0.05) is 48.5 Å². The van der Waals surface area contributed by atoms with Gasteiger partial charge in [0.25, 0.3) is 0 Å². The second-order valence-electron chi connectivity index (χ2n) is 6.24. The molecule has 4 heteroatoms. The number of benzene rings is 3. The second kappa shape index (κ2) is 6.92. The van der Waals surface area contributed by atoms with E-state index >= 15 is 0 Å². The van der Waals surface area contributed by atoms with Crippen molar-refractivity contribution in [2.45, 2.75) is 13.0 Å². The van der Waals surface area contributed by atoms with Crippen molar-refractivity contribution in [2.24, 2.45) is 0 Å². The van der Waals surface area contributed by atoms with E-state index in [9.17, 15) is 4.79 Å². The van der Waals surface area contributed by atoms with E-state index in [-0.39, 0.29) is 18.7 Å². The highest BCUT2D eigenvalue weighted by Gasteiger charge is 2.16. The molecule has 0 aliphatic carbocycles. The quantitative estimate of drug-likeness (QED) is 0.710. The minimum absolute atomic E-state index is 0.130. The van der Waals surface area contributed by atoms with E-state index in [1.54, 1.807) is 6.08 Å². The van der Waals surface area contributed by atoms with Gasteiger partial charge in [-0.15, -0.1) is 0 Å². The topological polar surface area (TPSA) is 47.6 Å². The average molecular weight is 345 g/mol. The normalized spacial score (nSPS) is 13.9. The minimum atomic E-state index is -0.136. The summed E-state index contributed by atoms with van der Waals surface area (Å²) >= 11 is 0. The van der Waals surface area contributed by atoms with Gasteiger partial charge in [0.15, 0.2) is 11.5 Å². The summed E-state index contributed by atoms with van der Waals surface area (Å²) in [5, 5.41) is 5.27. The predicted molar refractivity (Wildman–Crippen MR) is 102 cm³/mol. The van der Waals surface area contributed by atoms with Crippen molar-refractivity contribution in [3.05, 3.63) is 77.9 Å². The molecule has 130 valence electrons. The van der Waals surface area contributed by atoms with Crippen molar-refractivity contribution in [1.29, 1.82) is 0 Å². The summed E-state index contributed by atoms with van der Waals surface area (Å²) in [7, 11) is 0. The molecule has 1 heterocycles. The third kappa shape index (κ3) is 3.26. The Morgan fingerprint density at radius 2 is 1.85 bits per heavy atom. The number of fused-ring (bicyclic) bond motifs is 2. The Bertz CT molecular complexity index is 988. The molecule has 3 aromatic rings. The molecule has 3 aromatic carbocycles. The van der Waals surface area contributed by atoms with Crippen molar-refractivity contribution < 1.29 is 14.3 Å². The first-order valence-electron chi connectivity index (χ1n) is 8.56. The summed E-state index contributed by atoms with van der Waals surface area (Å²) in [6, 6.07) is 19.8. The van der Waals surface area contributed by atoms with Gasteiger partial charge in [0.2, 0.25) is 12.7 Å². The highest BCUT2D eigenvalue weighted by molar-refractivity contribution is 5.96. The molecule has 1 amide bonds. The van der Waals surface area contributed by atoms with Gasteiger partial charge >= 0.3 is 0 Å². The first-order chi connectivity index (χ1) is 12.7. The lowest BCUT2D eigenvalue weighted by atomic mass is 10.0. The third-order valence-corrected chi connectivity index (χ3v) is 4.49. The van der Waals surface area contributed by atoms with E-state index in [0.29, 0.717) is 0 Å². The molecule has 4 rings (SSSR count). The Hall–Kier alpha value is -3.27. The first kappa shape index (κ1) is 16.2. The summed E-state index contributed by atoms with van der Waals surface area (Å²) in [6.45, 7) is 2.19. The van der Waals surface area contributed by atoms with E-state index in [0.717, 1.165) is 33.4 Å². The van der Waals surface area contributed by atoms with Crippen molar-refractivity contribution in [3.63, 3.8) is 0 Å². The lowest BCUT2D eigenvalue weighted by molar-refractivity contribution is -0.117. The van der Waals surface area contributed by atoms with E-state index in [2.05, 4.69) is 23.5 Å². The van der Waals surface area contributed by atoms with E-state index in [4.69, 9.17) is 9.47 Å². The van der Waals surface area contributed by atoms with Crippen LogP contribution < -0.4 is 14.8 Å². The molecule has 1 aliphatic rings. The number of hydrogen-bond donors (Lipinski definition) is 1. The summed E-state index contributed by atoms with van der Waals surface area (Å²) in [5.74, 6) is 1.32. The van der Waals surface area contributed by atoms with Crippen LogP contribution in [0.1, 0.15) is 24.1 Å². The van der Waals surface area contributed by atoms with Gasteiger partial charge in [0, 0.05) is 6.08 Å². The maximum absolute atomic E-state index is 12.3. The number of hydrogen-bond acceptors (Lipinski definition) is 3. The highest BCUT2D eigenvalue weighted by atomic mass is 16.7. The van der Waals surface area contributed by atoms with Gasteiger partial charge in [-0.05, 0) is 47.0 Å². The smallest absolute Gasteiger partial charge is 0.244 e. The van der Waals surface area contributed by atoms with Gasteiger partial charge in [-0.25, -0.2) is 0 Å². The molecule has 1 N–H and O–H groups in total. The van der Waals surface area contributed by atoms with Gasteiger partial charge in [0.05, 0.1) is 6.04 Å². The standard InChI is InChI=1S/C22H19NO3/c1-15(18-9-11-20-21(13-18)26-14-25-20)23-22(24)12-10-17-7-4-6-16-5-2-3-8-19(16)17/h2-13,15H,14H2,1H3,(H,23,24)/b12-10+/t15-/m1/s1. The van der Waals surface area contributed by atoms with Crippen molar-refractivity contribution in [2.75, 3.05) is 6.79 Å². The Labute approximate surface area is 152 Å². The van der Waals surface area contributed by atoms with Crippen LogP contribution >= 0.6 is 0 Å². The summed E-state index contributed by atoms with van der Waals surface area (Å²) < 4.78 is 10.7. The lowest BCUT2D eigenvalue weighted by Gasteiger charge is -2.13. The molecule has 1 aliphatic heterocycles. The fourth-order valence-corrected chi connectivity index (χ4v) is 3.09. The summed E-state index contributed by atoms with van der Waals surface area (Å²) in [5.41, 5.74) is 2.00.